The van der Waals surface area contributed by atoms with Crippen LogP contribution in [0.3, 0.4) is 0 Å². The molecule has 0 spiro atoms. The van der Waals surface area contributed by atoms with Gasteiger partial charge in [-0.3, -0.25) is 0 Å². The summed E-state index contributed by atoms with van der Waals surface area (Å²) in [6.45, 7) is 0. The summed E-state index contributed by atoms with van der Waals surface area (Å²) in [5, 5.41) is 22.4. The van der Waals surface area contributed by atoms with Crippen molar-refractivity contribution < 1.29 is 28.8 Å². The van der Waals surface area contributed by atoms with Gasteiger partial charge in [-0.1, -0.05) is 12.1 Å². The Morgan fingerprint density at radius 2 is 1.64 bits per heavy atom. The zero-order valence-electron chi connectivity index (χ0n) is 18.7. The van der Waals surface area contributed by atoms with Gasteiger partial charge in [0.15, 0.2) is 34.4 Å². The molecule has 0 radical (unpaired) electrons. The molecule has 1 atom stereocenters. The van der Waals surface area contributed by atoms with Crippen molar-refractivity contribution in [2.24, 2.45) is 0 Å². The van der Waals surface area contributed by atoms with Crippen LogP contribution in [-0.2, 0) is 10.3 Å². The Bertz CT molecular complexity index is 1220. The summed E-state index contributed by atoms with van der Waals surface area (Å²) in [5.41, 5.74) is 0.706. The minimum atomic E-state index is -1.12. The van der Waals surface area contributed by atoms with Crippen LogP contribution in [0.4, 0.5) is 0 Å². The predicted octanol–water partition coefficient (Wildman–Crippen LogP) is 5.09. The van der Waals surface area contributed by atoms with Crippen LogP contribution in [-0.4, -0.2) is 33.5 Å². The second-order valence-electron chi connectivity index (χ2n) is 7.30. The molecule has 4 rings (SSSR count). The van der Waals surface area contributed by atoms with Crippen LogP contribution in [0, 0.1) is 11.3 Å². The van der Waals surface area contributed by atoms with Gasteiger partial charge in [0.25, 0.3) is 0 Å². The van der Waals surface area contributed by atoms with E-state index < -0.39 is 5.60 Å². The quantitative estimate of drug-likeness (QED) is 0.520. The molecule has 33 heavy (non-hydrogen) atoms. The van der Waals surface area contributed by atoms with E-state index in [-0.39, 0.29) is 12.2 Å². The summed E-state index contributed by atoms with van der Waals surface area (Å²) in [6, 6.07) is 14.8. The SMILES string of the molecule is COc1ccc(C2(c3cc(OC)c(OC)c(OC)c3)CC(C#N)=C(c3cccs3)O2)cc1O. The minimum Gasteiger partial charge on any atom is -0.504 e. The molecule has 0 fully saturated rings. The Kier molecular flexibility index (Phi) is 6.07. The monoisotopic (exact) mass is 465 g/mol. The fraction of sp³-hybridized carbons (Fsp3) is 0.240. The molecule has 170 valence electrons. The summed E-state index contributed by atoms with van der Waals surface area (Å²) < 4.78 is 28.5. The maximum Gasteiger partial charge on any atom is 0.203 e. The first-order valence-corrected chi connectivity index (χ1v) is 10.9. The van der Waals surface area contributed by atoms with Crippen molar-refractivity contribution in [2.45, 2.75) is 12.0 Å². The molecule has 0 aliphatic carbocycles. The second-order valence-corrected chi connectivity index (χ2v) is 8.25. The van der Waals surface area contributed by atoms with E-state index in [1.165, 1.54) is 25.6 Å². The van der Waals surface area contributed by atoms with E-state index in [4.69, 9.17) is 23.7 Å². The van der Waals surface area contributed by atoms with E-state index >= 15 is 0 Å². The van der Waals surface area contributed by atoms with Gasteiger partial charge in [0.05, 0.1) is 45.0 Å². The Morgan fingerprint density at radius 1 is 0.939 bits per heavy atom. The molecule has 1 aliphatic rings. The zero-order valence-corrected chi connectivity index (χ0v) is 19.5. The molecule has 1 N–H and O–H groups in total. The van der Waals surface area contributed by atoms with Gasteiger partial charge in [-0.05, 0) is 35.7 Å². The number of rotatable bonds is 7. The molecular weight excluding hydrogens is 442 g/mol. The number of nitrogens with zero attached hydrogens (tertiary/aromatic N) is 1. The maximum absolute atomic E-state index is 10.5. The first kappa shape index (κ1) is 22.4. The summed E-state index contributed by atoms with van der Waals surface area (Å²) >= 11 is 1.49. The maximum atomic E-state index is 10.5. The van der Waals surface area contributed by atoms with Gasteiger partial charge in [0, 0.05) is 17.5 Å². The second kappa shape index (κ2) is 8.96. The fourth-order valence-corrected chi connectivity index (χ4v) is 4.78. The smallest absolute Gasteiger partial charge is 0.203 e. The Hall–Kier alpha value is -3.83. The largest absolute Gasteiger partial charge is 0.504 e. The first-order chi connectivity index (χ1) is 16.0. The molecule has 0 bridgehead atoms. The minimum absolute atomic E-state index is 0.0338. The lowest BCUT2D eigenvalue weighted by Gasteiger charge is -2.32. The number of phenolic OH excluding ortho intramolecular Hbond substituents is 1. The van der Waals surface area contributed by atoms with Crippen molar-refractivity contribution in [1.82, 2.24) is 0 Å². The highest BCUT2D eigenvalue weighted by atomic mass is 32.1. The third-order valence-electron chi connectivity index (χ3n) is 5.63. The fourth-order valence-electron chi connectivity index (χ4n) is 4.04. The molecule has 2 heterocycles. The van der Waals surface area contributed by atoms with Gasteiger partial charge in [0.1, 0.15) is 0 Å². The lowest BCUT2D eigenvalue weighted by atomic mass is 9.82. The molecule has 1 unspecified atom stereocenters. The van der Waals surface area contributed by atoms with Gasteiger partial charge >= 0.3 is 0 Å². The summed E-state index contributed by atoms with van der Waals surface area (Å²) in [7, 11) is 6.10. The summed E-state index contributed by atoms with van der Waals surface area (Å²) in [4.78, 5) is 0.846. The lowest BCUT2D eigenvalue weighted by Crippen LogP contribution is -2.27. The number of ether oxygens (including phenoxy) is 5. The highest BCUT2D eigenvalue weighted by molar-refractivity contribution is 7.11. The highest BCUT2D eigenvalue weighted by Gasteiger charge is 2.46. The molecule has 8 heteroatoms. The molecule has 0 saturated carbocycles. The number of aromatic hydroxyl groups is 1. The van der Waals surface area contributed by atoms with Crippen molar-refractivity contribution in [3.63, 3.8) is 0 Å². The van der Waals surface area contributed by atoms with Crippen LogP contribution >= 0.6 is 11.3 Å². The molecule has 2 aromatic carbocycles. The molecule has 1 aromatic heterocycles. The number of thiophene rings is 1. The normalized spacial score (nSPS) is 17.3. The number of phenols is 1. The topological polar surface area (TPSA) is 90.2 Å². The van der Waals surface area contributed by atoms with Crippen LogP contribution in [0.1, 0.15) is 22.4 Å². The molecule has 3 aromatic rings. The first-order valence-electron chi connectivity index (χ1n) is 10.0. The van der Waals surface area contributed by atoms with Crippen molar-refractivity contribution in [3.8, 4) is 34.8 Å². The number of benzene rings is 2. The van der Waals surface area contributed by atoms with E-state index in [1.807, 2.05) is 23.6 Å². The van der Waals surface area contributed by atoms with Crippen LogP contribution < -0.4 is 18.9 Å². The van der Waals surface area contributed by atoms with Crippen molar-refractivity contribution in [3.05, 3.63) is 69.4 Å². The summed E-state index contributed by atoms with van der Waals surface area (Å²) in [6.07, 6.45) is 0.251. The zero-order chi connectivity index (χ0) is 23.6. The van der Waals surface area contributed by atoms with E-state index in [2.05, 4.69) is 6.07 Å². The van der Waals surface area contributed by atoms with E-state index in [0.717, 1.165) is 4.88 Å². The number of hydrogen-bond donors (Lipinski definition) is 1. The van der Waals surface area contributed by atoms with Gasteiger partial charge < -0.3 is 28.8 Å². The van der Waals surface area contributed by atoms with Crippen molar-refractivity contribution in [1.29, 1.82) is 5.26 Å². The molecular formula is C25H23NO6S. The summed E-state index contributed by atoms with van der Waals surface area (Å²) in [5.74, 6) is 2.17. The standard InChI is InChI=1S/C25H23NO6S/c1-28-19-8-7-16(10-18(19)27)25(13-15(14-26)23(32-25)22-6-5-9-33-22)17-11-20(29-2)24(31-4)21(12-17)30-3/h5-12,27H,13H2,1-4H3. The number of hydrogen-bond acceptors (Lipinski definition) is 8. The van der Waals surface area contributed by atoms with Crippen molar-refractivity contribution >= 4 is 17.1 Å². The molecule has 1 aliphatic heterocycles. The Labute approximate surface area is 196 Å². The third-order valence-corrected chi connectivity index (χ3v) is 6.50. The van der Waals surface area contributed by atoms with Gasteiger partial charge in [-0.25, -0.2) is 0 Å². The Balaban J connectivity index is 1.97. The molecule has 0 amide bonds. The number of nitriles is 1. The van der Waals surface area contributed by atoms with E-state index in [0.29, 0.717) is 45.5 Å². The molecule has 7 nitrogen and oxygen atoms in total. The highest BCUT2D eigenvalue weighted by Crippen LogP contribution is 2.53. The molecule has 0 saturated heterocycles. The van der Waals surface area contributed by atoms with Crippen LogP contribution in [0.25, 0.3) is 5.76 Å². The van der Waals surface area contributed by atoms with Gasteiger partial charge in [0.2, 0.25) is 5.75 Å². The van der Waals surface area contributed by atoms with Crippen LogP contribution in [0.5, 0.6) is 28.7 Å². The Morgan fingerprint density at radius 3 is 2.15 bits per heavy atom. The van der Waals surface area contributed by atoms with E-state index in [1.54, 1.807) is 38.5 Å². The third kappa shape index (κ3) is 3.70. The average molecular weight is 466 g/mol. The van der Waals surface area contributed by atoms with E-state index in [9.17, 15) is 10.4 Å². The average Bonchev–Trinajstić information content (AvgIpc) is 3.51. The van der Waals surface area contributed by atoms with Crippen LogP contribution in [0.2, 0.25) is 0 Å². The van der Waals surface area contributed by atoms with Gasteiger partial charge in [-0.15, -0.1) is 11.3 Å². The van der Waals surface area contributed by atoms with Crippen molar-refractivity contribution in [2.75, 3.05) is 28.4 Å². The predicted molar refractivity (Wildman–Crippen MR) is 124 cm³/mol. The lowest BCUT2D eigenvalue weighted by molar-refractivity contribution is 0.0999. The van der Waals surface area contributed by atoms with Crippen LogP contribution in [0.15, 0.2) is 53.4 Å². The van der Waals surface area contributed by atoms with Gasteiger partial charge in [-0.2, -0.15) is 5.26 Å². The number of methoxy groups -OCH3 is 4.